The van der Waals surface area contributed by atoms with Crippen molar-refractivity contribution in [1.29, 1.82) is 0 Å². The van der Waals surface area contributed by atoms with Crippen molar-refractivity contribution in [2.75, 3.05) is 12.5 Å². The average molecular weight is 179 g/mol. The Kier molecular flexibility index (Phi) is 8.54. The number of aliphatic hydroxyl groups excluding tert-OH is 1. The third kappa shape index (κ3) is 8.15. The lowest BCUT2D eigenvalue weighted by Gasteiger charge is -2.08. The van der Waals surface area contributed by atoms with Gasteiger partial charge in [0.2, 0.25) is 0 Å². The first kappa shape index (κ1) is 11.2. The zero-order valence-corrected chi connectivity index (χ0v) is 8.11. The Balaban J connectivity index is 3.02. The Morgan fingerprint density at radius 2 is 1.82 bits per heavy atom. The van der Waals surface area contributed by atoms with E-state index in [4.69, 9.17) is 16.7 Å². The lowest BCUT2D eigenvalue weighted by Crippen LogP contribution is -1.96. The summed E-state index contributed by atoms with van der Waals surface area (Å²) in [5, 5.41) is 8.57. The molecule has 0 aromatic heterocycles. The van der Waals surface area contributed by atoms with Crippen LogP contribution in [0.2, 0.25) is 0 Å². The highest BCUT2D eigenvalue weighted by Gasteiger charge is 2.00. The van der Waals surface area contributed by atoms with E-state index in [1.54, 1.807) is 0 Å². The maximum Gasteiger partial charge on any atom is 0.0431 e. The van der Waals surface area contributed by atoms with E-state index in [-0.39, 0.29) is 0 Å². The van der Waals surface area contributed by atoms with Crippen molar-refractivity contribution in [3.8, 4) is 0 Å². The van der Waals surface area contributed by atoms with Crippen LogP contribution in [0.5, 0.6) is 0 Å². The summed E-state index contributed by atoms with van der Waals surface area (Å²) in [6.07, 6.45) is 5.72. The topological polar surface area (TPSA) is 20.2 Å². The summed E-state index contributed by atoms with van der Waals surface area (Å²) < 4.78 is 0. The van der Waals surface area contributed by atoms with Crippen LogP contribution in [0.25, 0.3) is 0 Å². The molecule has 0 fully saturated rings. The second-order valence-corrected chi connectivity index (χ2v) is 3.53. The van der Waals surface area contributed by atoms with Crippen LogP contribution in [0.3, 0.4) is 0 Å². The van der Waals surface area contributed by atoms with Gasteiger partial charge in [0, 0.05) is 12.5 Å². The molecule has 2 heteroatoms. The van der Waals surface area contributed by atoms with E-state index >= 15 is 0 Å². The Hall–Kier alpha value is 0.250. The molecule has 0 spiro atoms. The van der Waals surface area contributed by atoms with Crippen molar-refractivity contribution in [1.82, 2.24) is 0 Å². The normalized spacial score (nSPS) is 13.4. The predicted molar refractivity (Wildman–Crippen MR) is 50.1 cm³/mol. The van der Waals surface area contributed by atoms with Gasteiger partial charge in [-0.3, -0.25) is 0 Å². The van der Waals surface area contributed by atoms with Crippen molar-refractivity contribution in [2.24, 2.45) is 5.92 Å². The number of hydrogen-bond donors (Lipinski definition) is 1. The minimum Gasteiger partial charge on any atom is -0.396 e. The lowest BCUT2D eigenvalue weighted by atomic mass is 9.99. The first-order valence-corrected chi connectivity index (χ1v) is 5.01. The first-order valence-electron chi connectivity index (χ1n) is 4.48. The van der Waals surface area contributed by atoms with E-state index < -0.39 is 0 Å². The molecule has 0 bridgehead atoms. The summed E-state index contributed by atoms with van der Waals surface area (Å²) in [5.74, 6) is 1.54. The van der Waals surface area contributed by atoms with Crippen molar-refractivity contribution >= 4 is 11.6 Å². The fraction of sp³-hybridized carbons (Fsp3) is 1.00. The second-order valence-electron chi connectivity index (χ2n) is 3.16. The van der Waals surface area contributed by atoms with Gasteiger partial charge in [0.15, 0.2) is 0 Å². The van der Waals surface area contributed by atoms with Gasteiger partial charge in [-0.2, -0.15) is 0 Å². The molecule has 0 aliphatic carbocycles. The third-order valence-corrected chi connectivity index (χ3v) is 2.20. The summed E-state index contributed by atoms with van der Waals surface area (Å²) in [7, 11) is 0. The van der Waals surface area contributed by atoms with Crippen LogP contribution in [0.15, 0.2) is 0 Å². The SMILES string of the molecule is C[C@H](CCCO)CCCCCl. The predicted octanol–water partition coefficient (Wildman–Crippen LogP) is 2.80. The highest BCUT2D eigenvalue weighted by Crippen LogP contribution is 2.13. The van der Waals surface area contributed by atoms with Crippen LogP contribution < -0.4 is 0 Å². The fourth-order valence-electron chi connectivity index (χ4n) is 1.17. The smallest absolute Gasteiger partial charge is 0.0431 e. The van der Waals surface area contributed by atoms with Gasteiger partial charge in [-0.15, -0.1) is 11.6 Å². The largest absolute Gasteiger partial charge is 0.396 e. The third-order valence-electron chi connectivity index (χ3n) is 1.94. The summed E-state index contributed by atoms with van der Waals surface area (Å²) in [5.41, 5.74) is 0. The van der Waals surface area contributed by atoms with Crippen LogP contribution in [-0.4, -0.2) is 17.6 Å². The molecule has 0 radical (unpaired) electrons. The van der Waals surface area contributed by atoms with Gasteiger partial charge in [0.05, 0.1) is 0 Å². The number of alkyl halides is 1. The standard InChI is InChI=1S/C9H19ClO/c1-9(6-4-8-11)5-2-3-7-10/h9,11H,2-8H2,1H3/t9-/m0/s1. The highest BCUT2D eigenvalue weighted by molar-refractivity contribution is 6.17. The van der Waals surface area contributed by atoms with Crippen LogP contribution in [0, 0.1) is 5.92 Å². The molecule has 1 N–H and O–H groups in total. The van der Waals surface area contributed by atoms with Gasteiger partial charge in [-0.1, -0.05) is 19.8 Å². The summed E-state index contributed by atoms with van der Waals surface area (Å²) in [4.78, 5) is 0. The molecule has 0 saturated carbocycles. The molecule has 11 heavy (non-hydrogen) atoms. The van der Waals surface area contributed by atoms with Gasteiger partial charge < -0.3 is 5.11 Å². The van der Waals surface area contributed by atoms with Crippen molar-refractivity contribution in [3.05, 3.63) is 0 Å². The van der Waals surface area contributed by atoms with E-state index in [0.29, 0.717) is 6.61 Å². The van der Waals surface area contributed by atoms with Gasteiger partial charge in [-0.05, 0) is 25.2 Å². The van der Waals surface area contributed by atoms with Gasteiger partial charge >= 0.3 is 0 Å². The Bertz CT molecular complexity index is 76.0. The first-order chi connectivity index (χ1) is 5.31. The average Bonchev–Trinajstić information content (AvgIpc) is 2.01. The molecular weight excluding hydrogens is 160 g/mol. The second kappa shape index (κ2) is 8.35. The van der Waals surface area contributed by atoms with E-state index in [1.165, 1.54) is 12.8 Å². The lowest BCUT2D eigenvalue weighted by molar-refractivity contribution is 0.271. The minimum absolute atomic E-state index is 0.333. The molecule has 0 rings (SSSR count). The molecule has 0 heterocycles. The van der Waals surface area contributed by atoms with E-state index in [2.05, 4.69) is 6.92 Å². The van der Waals surface area contributed by atoms with Crippen LogP contribution >= 0.6 is 11.6 Å². The number of rotatable bonds is 7. The summed E-state index contributed by atoms with van der Waals surface area (Å²) in [6.45, 7) is 2.57. The maximum atomic E-state index is 8.57. The number of hydrogen-bond acceptors (Lipinski definition) is 1. The Morgan fingerprint density at radius 3 is 2.36 bits per heavy atom. The van der Waals surface area contributed by atoms with Crippen molar-refractivity contribution in [3.63, 3.8) is 0 Å². The monoisotopic (exact) mass is 178 g/mol. The van der Waals surface area contributed by atoms with E-state index in [9.17, 15) is 0 Å². The maximum absolute atomic E-state index is 8.57. The van der Waals surface area contributed by atoms with Gasteiger partial charge in [0.1, 0.15) is 0 Å². The van der Waals surface area contributed by atoms with Crippen LogP contribution in [-0.2, 0) is 0 Å². The Labute approximate surface area is 74.8 Å². The van der Waals surface area contributed by atoms with Gasteiger partial charge in [-0.25, -0.2) is 0 Å². The van der Waals surface area contributed by atoms with E-state index in [0.717, 1.165) is 31.1 Å². The molecule has 68 valence electrons. The molecule has 0 aromatic carbocycles. The highest BCUT2D eigenvalue weighted by atomic mass is 35.5. The number of halogens is 1. The zero-order chi connectivity index (χ0) is 8.53. The minimum atomic E-state index is 0.333. The molecule has 1 atom stereocenters. The van der Waals surface area contributed by atoms with E-state index in [1.807, 2.05) is 0 Å². The van der Waals surface area contributed by atoms with Crippen LogP contribution in [0.1, 0.15) is 39.0 Å². The molecule has 0 unspecified atom stereocenters. The van der Waals surface area contributed by atoms with Crippen molar-refractivity contribution in [2.45, 2.75) is 39.0 Å². The van der Waals surface area contributed by atoms with Crippen molar-refractivity contribution < 1.29 is 5.11 Å². The molecule has 0 amide bonds. The molecule has 0 saturated heterocycles. The fourth-order valence-corrected chi connectivity index (χ4v) is 1.36. The Morgan fingerprint density at radius 1 is 1.18 bits per heavy atom. The molecule has 1 nitrogen and oxygen atoms in total. The quantitative estimate of drug-likeness (QED) is 0.470. The molecule has 0 aliphatic rings. The summed E-state index contributed by atoms with van der Waals surface area (Å²) in [6, 6.07) is 0. The number of unbranched alkanes of at least 4 members (excludes halogenated alkanes) is 1. The molecule has 0 aromatic rings. The number of aliphatic hydroxyl groups is 1. The summed E-state index contributed by atoms with van der Waals surface area (Å²) >= 11 is 5.55. The van der Waals surface area contributed by atoms with Crippen LogP contribution in [0.4, 0.5) is 0 Å². The zero-order valence-electron chi connectivity index (χ0n) is 7.35. The van der Waals surface area contributed by atoms with Gasteiger partial charge in [0.25, 0.3) is 0 Å². The molecule has 0 aliphatic heterocycles. The molecular formula is C9H19ClO.